The first-order valence-electron chi connectivity index (χ1n) is 8.10. The minimum atomic E-state index is -0.462. The molecule has 1 amide bonds. The summed E-state index contributed by atoms with van der Waals surface area (Å²) in [6.45, 7) is 8.76. The van der Waals surface area contributed by atoms with Crippen LogP contribution in [0.2, 0.25) is 0 Å². The van der Waals surface area contributed by atoms with Gasteiger partial charge in [0.25, 0.3) is 0 Å². The highest BCUT2D eigenvalue weighted by Crippen LogP contribution is 2.25. The van der Waals surface area contributed by atoms with Gasteiger partial charge in [-0.05, 0) is 46.6 Å². The van der Waals surface area contributed by atoms with Crippen molar-refractivity contribution >= 4 is 12.1 Å². The molecule has 6 heteroatoms. The zero-order chi connectivity index (χ0) is 16.3. The number of hydrogen-bond acceptors (Lipinski definition) is 5. The molecule has 0 bridgehead atoms. The molecule has 0 aromatic heterocycles. The van der Waals surface area contributed by atoms with Crippen molar-refractivity contribution in [3.63, 3.8) is 0 Å². The minimum absolute atomic E-state index is 0.0330. The molecular weight excluding hydrogens is 284 g/mol. The van der Waals surface area contributed by atoms with E-state index in [9.17, 15) is 9.59 Å². The topological polar surface area (TPSA) is 59.1 Å². The van der Waals surface area contributed by atoms with Crippen molar-refractivity contribution in [1.29, 1.82) is 0 Å². The second-order valence-corrected chi connectivity index (χ2v) is 7.23. The molecule has 126 valence electrons. The molecule has 2 saturated heterocycles. The van der Waals surface area contributed by atoms with E-state index in [1.807, 2.05) is 20.8 Å². The Kier molecular flexibility index (Phi) is 5.32. The molecule has 0 aromatic carbocycles. The highest BCUT2D eigenvalue weighted by atomic mass is 16.6. The molecule has 22 heavy (non-hydrogen) atoms. The van der Waals surface area contributed by atoms with Gasteiger partial charge in [0.15, 0.2) is 0 Å². The summed E-state index contributed by atoms with van der Waals surface area (Å²) in [5.41, 5.74) is -0.462. The van der Waals surface area contributed by atoms with E-state index in [4.69, 9.17) is 9.47 Å². The molecule has 2 aliphatic heterocycles. The van der Waals surface area contributed by atoms with Gasteiger partial charge in [0, 0.05) is 25.7 Å². The molecular formula is C16H28N2O4. The average Bonchev–Trinajstić information content (AvgIpc) is 2.95. The van der Waals surface area contributed by atoms with Crippen LogP contribution in [0, 0.1) is 5.92 Å². The third kappa shape index (κ3) is 4.35. The number of methoxy groups -OCH3 is 1. The summed E-state index contributed by atoms with van der Waals surface area (Å²) in [4.78, 5) is 27.9. The molecule has 0 radical (unpaired) electrons. The lowest BCUT2D eigenvalue weighted by atomic mass is 9.96. The fourth-order valence-electron chi connectivity index (χ4n) is 3.23. The molecule has 0 N–H and O–H groups in total. The Morgan fingerprint density at radius 2 is 1.82 bits per heavy atom. The van der Waals surface area contributed by atoms with Gasteiger partial charge in [-0.15, -0.1) is 0 Å². The van der Waals surface area contributed by atoms with Crippen molar-refractivity contribution in [1.82, 2.24) is 9.80 Å². The van der Waals surface area contributed by atoms with Gasteiger partial charge in [-0.25, -0.2) is 4.79 Å². The molecule has 2 atom stereocenters. The zero-order valence-electron chi connectivity index (χ0n) is 14.1. The van der Waals surface area contributed by atoms with Gasteiger partial charge in [0.1, 0.15) is 5.60 Å². The van der Waals surface area contributed by atoms with Crippen LogP contribution in [0.25, 0.3) is 0 Å². The highest BCUT2D eigenvalue weighted by molar-refractivity contribution is 5.72. The predicted octanol–water partition coefficient (Wildman–Crippen LogP) is 1.88. The molecule has 0 saturated carbocycles. The first-order chi connectivity index (χ1) is 10.3. The van der Waals surface area contributed by atoms with Gasteiger partial charge in [-0.2, -0.15) is 0 Å². The maximum atomic E-state index is 12.1. The number of piperidine rings is 1. The molecule has 0 unspecified atom stereocenters. The molecule has 2 heterocycles. The van der Waals surface area contributed by atoms with Crippen LogP contribution in [0.3, 0.4) is 0 Å². The summed E-state index contributed by atoms with van der Waals surface area (Å²) in [7, 11) is 1.45. The number of carbonyl (C=O) groups is 2. The lowest BCUT2D eigenvalue weighted by Gasteiger charge is -2.35. The summed E-state index contributed by atoms with van der Waals surface area (Å²) in [6.07, 6.45) is 2.60. The maximum Gasteiger partial charge on any atom is 0.410 e. The van der Waals surface area contributed by atoms with E-state index in [1.165, 1.54) is 7.11 Å². The number of amides is 1. The normalized spacial score (nSPS) is 26.8. The van der Waals surface area contributed by atoms with E-state index in [-0.39, 0.29) is 18.0 Å². The fourth-order valence-corrected chi connectivity index (χ4v) is 3.23. The van der Waals surface area contributed by atoms with E-state index in [1.54, 1.807) is 4.90 Å². The van der Waals surface area contributed by atoms with Crippen LogP contribution >= 0.6 is 0 Å². The number of rotatable bonds is 2. The van der Waals surface area contributed by atoms with Gasteiger partial charge in [-0.1, -0.05) is 0 Å². The van der Waals surface area contributed by atoms with Crippen molar-refractivity contribution in [2.24, 2.45) is 5.92 Å². The lowest BCUT2D eigenvalue weighted by molar-refractivity contribution is -0.147. The second-order valence-electron chi connectivity index (χ2n) is 7.23. The first-order valence-corrected chi connectivity index (χ1v) is 8.10. The fraction of sp³-hybridized carbons (Fsp3) is 0.875. The van der Waals surface area contributed by atoms with Gasteiger partial charge in [-0.3, -0.25) is 9.69 Å². The molecule has 0 aliphatic carbocycles. The van der Waals surface area contributed by atoms with E-state index < -0.39 is 5.60 Å². The lowest BCUT2D eigenvalue weighted by Crippen LogP contribution is -2.46. The molecule has 0 aromatic rings. The summed E-state index contributed by atoms with van der Waals surface area (Å²) in [6, 6.07) is 0.319. The Morgan fingerprint density at radius 1 is 1.09 bits per heavy atom. The van der Waals surface area contributed by atoms with Crippen LogP contribution in [0.4, 0.5) is 4.79 Å². The summed E-state index contributed by atoms with van der Waals surface area (Å²) in [5, 5.41) is 0. The van der Waals surface area contributed by atoms with Crippen molar-refractivity contribution in [3.8, 4) is 0 Å². The number of esters is 1. The molecule has 6 nitrogen and oxygen atoms in total. The standard InChI is InChI=1S/C16H28N2O4/c1-16(2,3)22-15(20)18-9-7-13(11-18)17-8-5-6-12(10-17)14(19)21-4/h12-13H,5-11H2,1-4H3/t12-,13-/m0/s1. The number of hydrogen-bond donors (Lipinski definition) is 0. The van der Waals surface area contributed by atoms with Crippen molar-refractivity contribution < 1.29 is 19.1 Å². The van der Waals surface area contributed by atoms with Gasteiger partial charge < -0.3 is 14.4 Å². The van der Waals surface area contributed by atoms with Crippen LogP contribution in [0.1, 0.15) is 40.0 Å². The Balaban J connectivity index is 1.87. The zero-order valence-corrected chi connectivity index (χ0v) is 14.1. The van der Waals surface area contributed by atoms with E-state index in [2.05, 4.69) is 4.90 Å². The number of carbonyl (C=O) groups excluding carboxylic acids is 2. The van der Waals surface area contributed by atoms with Crippen LogP contribution < -0.4 is 0 Å². The van der Waals surface area contributed by atoms with E-state index >= 15 is 0 Å². The Morgan fingerprint density at radius 3 is 2.45 bits per heavy atom. The first kappa shape index (κ1) is 17.1. The smallest absolute Gasteiger partial charge is 0.410 e. The summed E-state index contributed by atoms with van der Waals surface area (Å²) in [5.74, 6) is -0.152. The Labute approximate surface area is 132 Å². The number of likely N-dealkylation sites (tertiary alicyclic amines) is 2. The minimum Gasteiger partial charge on any atom is -0.469 e. The molecule has 2 rings (SSSR count). The third-order valence-electron chi connectivity index (χ3n) is 4.32. The van der Waals surface area contributed by atoms with Crippen molar-refractivity contribution in [2.45, 2.75) is 51.7 Å². The maximum absolute atomic E-state index is 12.1. The van der Waals surface area contributed by atoms with E-state index in [0.717, 1.165) is 38.9 Å². The van der Waals surface area contributed by atoms with Crippen LogP contribution in [-0.4, -0.2) is 66.8 Å². The quantitative estimate of drug-likeness (QED) is 0.729. The average molecular weight is 312 g/mol. The molecule has 2 fully saturated rings. The van der Waals surface area contributed by atoms with Gasteiger partial charge >= 0.3 is 12.1 Å². The van der Waals surface area contributed by atoms with Crippen molar-refractivity contribution in [3.05, 3.63) is 0 Å². The molecule has 0 spiro atoms. The largest absolute Gasteiger partial charge is 0.469 e. The second kappa shape index (κ2) is 6.86. The monoisotopic (exact) mass is 312 g/mol. The Hall–Kier alpha value is -1.30. The Bertz CT molecular complexity index is 419. The number of ether oxygens (including phenoxy) is 2. The number of nitrogens with zero attached hydrogens (tertiary/aromatic N) is 2. The predicted molar refractivity (Wildman–Crippen MR) is 82.5 cm³/mol. The summed E-state index contributed by atoms with van der Waals surface area (Å²) >= 11 is 0. The summed E-state index contributed by atoms with van der Waals surface area (Å²) < 4.78 is 10.3. The van der Waals surface area contributed by atoms with Crippen LogP contribution in [0.5, 0.6) is 0 Å². The van der Waals surface area contributed by atoms with Gasteiger partial charge in [0.05, 0.1) is 13.0 Å². The SMILES string of the molecule is COC(=O)[C@H]1CCCN([C@H]2CCN(C(=O)OC(C)(C)C)C2)C1. The van der Waals surface area contributed by atoms with Crippen molar-refractivity contribution in [2.75, 3.05) is 33.3 Å². The van der Waals surface area contributed by atoms with Gasteiger partial charge in [0.2, 0.25) is 0 Å². The van der Waals surface area contributed by atoms with Crippen LogP contribution in [-0.2, 0) is 14.3 Å². The highest BCUT2D eigenvalue weighted by Gasteiger charge is 2.36. The third-order valence-corrected chi connectivity index (χ3v) is 4.32. The molecule has 2 aliphatic rings. The van der Waals surface area contributed by atoms with E-state index in [0.29, 0.717) is 12.6 Å². The van der Waals surface area contributed by atoms with Crippen LogP contribution in [0.15, 0.2) is 0 Å².